The van der Waals surface area contributed by atoms with Crippen LogP contribution in [0.1, 0.15) is 30.1 Å². The maximum atomic E-state index is 11.7. The molecule has 1 aromatic heterocycles. The standard InChI is InChI=1S/C14H16N2O5/c1-14(2,18)13-15-11(16-21-13)8-5-6-10(19-3)9(7-8)12(17)20-4/h5-7,18H,1-4H3. The minimum atomic E-state index is -1.23. The minimum Gasteiger partial charge on any atom is -0.496 e. The Morgan fingerprint density at radius 3 is 2.57 bits per heavy atom. The number of aliphatic hydroxyl groups is 1. The van der Waals surface area contributed by atoms with Crippen molar-refractivity contribution in [3.63, 3.8) is 0 Å². The van der Waals surface area contributed by atoms with Gasteiger partial charge < -0.3 is 19.1 Å². The zero-order valence-corrected chi connectivity index (χ0v) is 12.2. The number of aromatic nitrogens is 2. The van der Waals surface area contributed by atoms with Gasteiger partial charge in [0.05, 0.1) is 14.2 Å². The second kappa shape index (κ2) is 5.53. The summed E-state index contributed by atoms with van der Waals surface area (Å²) in [7, 11) is 2.75. The molecule has 0 aliphatic rings. The number of carbonyl (C=O) groups is 1. The van der Waals surface area contributed by atoms with Gasteiger partial charge in [-0.3, -0.25) is 0 Å². The molecule has 0 radical (unpaired) electrons. The number of nitrogens with zero attached hydrogens (tertiary/aromatic N) is 2. The molecule has 112 valence electrons. The van der Waals surface area contributed by atoms with Gasteiger partial charge >= 0.3 is 5.97 Å². The van der Waals surface area contributed by atoms with Gasteiger partial charge in [0.2, 0.25) is 5.82 Å². The van der Waals surface area contributed by atoms with Crippen LogP contribution in [0.15, 0.2) is 22.7 Å². The molecule has 2 rings (SSSR count). The average molecular weight is 292 g/mol. The Bertz CT molecular complexity index is 658. The van der Waals surface area contributed by atoms with Crippen molar-refractivity contribution in [3.8, 4) is 17.1 Å². The van der Waals surface area contributed by atoms with Crippen LogP contribution in [-0.2, 0) is 10.3 Å². The molecule has 0 unspecified atom stereocenters. The monoisotopic (exact) mass is 292 g/mol. The first-order valence-electron chi connectivity index (χ1n) is 6.20. The highest BCUT2D eigenvalue weighted by atomic mass is 16.5. The molecule has 0 saturated carbocycles. The largest absolute Gasteiger partial charge is 0.496 e. The molecule has 0 aliphatic heterocycles. The van der Waals surface area contributed by atoms with E-state index < -0.39 is 11.6 Å². The number of hydrogen-bond acceptors (Lipinski definition) is 7. The van der Waals surface area contributed by atoms with Crippen molar-refractivity contribution in [2.24, 2.45) is 0 Å². The zero-order valence-electron chi connectivity index (χ0n) is 12.2. The van der Waals surface area contributed by atoms with Crippen molar-refractivity contribution < 1.29 is 23.9 Å². The van der Waals surface area contributed by atoms with Crippen LogP contribution >= 0.6 is 0 Å². The van der Waals surface area contributed by atoms with Crippen molar-refractivity contribution in [1.82, 2.24) is 10.1 Å². The Balaban J connectivity index is 2.45. The lowest BCUT2D eigenvalue weighted by Crippen LogP contribution is -2.15. The summed E-state index contributed by atoms with van der Waals surface area (Å²) in [6.45, 7) is 3.08. The van der Waals surface area contributed by atoms with E-state index in [1.807, 2.05) is 0 Å². The van der Waals surface area contributed by atoms with Crippen molar-refractivity contribution in [2.75, 3.05) is 14.2 Å². The number of methoxy groups -OCH3 is 2. The third-order valence-electron chi connectivity index (χ3n) is 2.81. The topological polar surface area (TPSA) is 94.7 Å². The average Bonchev–Trinajstić information content (AvgIpc) is 2.95. The fraction of sp³-hybridized carbons (Fsp3) is 0.357. The highest BCUT2D eigenvalue weighted by molar-refractivity contribution is 5.93. The van der Waals surface area contributed by atoms with Crippen molar-refractivity contribution in [1.29, 1.82) is 0 Å². The summed E-state index contributed by atoms with van der Waals surface area (Å²) < 4.78 is 14.8. The molecule has 0 amide bonds. The van der Waals surface area contributed by atoms with Gasteiger partial charge in [-0.25, -0.2) is 4.79 Å². The Kier molecular flexibility index (Phi) is 3.95. The van der Waals surface area contributed by atoms with Crippen LogP contribution in [0.3, 0.4) is 0 Å². The van der Waals surface area contributed by atoms with Gasteiger partial charge in [-0.1, -0.05) is 5.16 Å². The predicted octanol–water partition coefficient (Wildman–Crippen LogP) is 1.76. The highest BCUT2D eigenvalue weighted by Crippen LogP contribution is 2.27. The van der Waals surface area contributed by atoms with Crippen molar-refractivity contribution >= 4 is 5.97 Å². The second-order valence-corrected chi connectivity index (χ2v) is 4.89. The third-order valence-corrected chi connectivity index (χ3v) is 2.81. The quantitative estimate of drug-likeness (QED) is 0.858. The van der Waals surface area contributed by atoms with Crippen LogP contribution in [0.5, 0.6) is 5.75 Å². The van der Waals surface area contributed by atoms with Crippen LogP contribution in [0, 0.1) is 0 Å². The van der Waals surface area contributed by atoms with Gasteiger partial charge in [0.1, 0.15) is 16.9 Å². The van der Waals surface area contributed by atoms with Gasteiger partial charge in [-0.2, -0.15) is 4.98 Å². The van der Waals surface area contributed by atoms with E-state index in [2.05, 4.69) is 10.1 Å². The molecule has 0 saturated heterocycles. The fourth-order valence-electron chi connectivity index (χ4n) is 1.71. The molecule has 0 spiro atoms. The molecule has 21 heavy (non-hydrogen) atoms. The molecule has 0 bridgehead atoms. The predicted molar refractivity (Wildman–Crippen MR) is 72.9 cm³/mol. The summed E-state index contributed by atoms with van der Waals surface area (Å²) in [5.41, 5.74) is -0.425. The summed E-state index contributed by atoms with van der Waals surface area (Å²) >= 11 is 0. The molecule has 0 aliphatic carbocycles. The van der Waals surface area contributed by atoms with Gasteiger partial charge in [-0.05, 0) is 32.0 Å². The lowest BCUT2D eigenvalue weighted by Gasteiger charge is -2.09. The van der Waals surface area contributed by atoms with Crippen LogP contribution in [0.4, 0.5) is 0 Å². The van der Waals surface area contributed by atoms with E-state index in [0.717, 1.165) is 0 Å². The van der Waals surface area contributed by atoms with Crippen LogP contribution in [-0.4, -0.2) is 35.4 Å². The summed E-state index contributed by atoms with van der Waals surface area (Å²) in [4.78, 5) is 15.8. The minimum absolute atomic E-state index is 0.0907. The summed E-state index contributed by atoms with van der Waals surface area (Å²) in [5, 5.41) is 13.6. The van der Waals surface area contributed by atoms with Crippen LogP contribution < -0.4 is 4.74 Å². The SMILES string of the molecule is COC(=O)c1cc(-c2noc(C(C)(C)O)n2)ccc1OC. The van der Waals surface area contributed by atoms with E-state index in [9.17, 15) is 9.90 Å². The van der Waals surface area contributed by atoms with E-state index >= 15 is 0 Å². The molecule has 1 N–H and O–H groups in total. The van der Waals surface area contributed by atoms with Gasteiger partial charge in [0.25, 0.3) is 5.89 Å². The first-order valence-corrected chi connectivity index (χ1v) is 6.20. The third kappa shape index (κ3) is 3.03. The van der Waals surface area contributed by atoms with E-state index in [1.165, 1.54) is 28.1 Å². The Labute approximate surface area is 121 Å². The Morgan fingerprint density at radius 1 is 1.33 bits per heavy atom. The molecule has 2 aromatic rings. The van der Waals surface area contributed by atoms with Crippen molar-refractivity contribution in [3.05, 3.63) is 29.7 Å². The summed E-state index contributed by atoms with van der Waals surface area (Å²) in [6.07, 6.45) is 0. The number of benzene rings is 1. The number of ether oxygens (including phenoxy) is 2. The fourth-order valence-corrected chi connectivity index (χ4v) is 1.71. The molecular formula is C14H16N2O5. The molecule has 1 aromatic carbocycles. The maximum absolute atomic E-state index is 11.7. The van der Waals surface area contributed by atoms with Crippen LogP contribution in [0.2, 0.25) is 0 Å². The zero-order chi connectivity index (χ0) is 15.6. The number of hydrogen-bond donors (Lipinski definition) is 1. The van der Waals surface area contributed by atoms with E-state index in [0.29, 0.717) is 11.3 Å². The lowest BCUT2D eigenvalue weighted by molar-refractivity contribution is 0.0420. The normalized spacial score (nSPS) is 11.3. The van der Waals surface area contributed by atoms with Crippen LogP contribution in [0.25, 0.3) is 11.4 Å². The molecule has 7 nitrogen and oxygen atoms in total. The molecule has 0 fully saturated rings. The first kappa shape index (κ1) is 15.0. The van der Waals surface area contributed by atoms with Gasteiger partial charge in [-0.15, -0.1) is 0 Å². The molecule has 7 heteroatoms. The van der Waals surface area contributed by atoms with E-state index in [4.69, 9.17) is 14.0 Å². The number of esters is 1. The number of carbonyl (C=O) groups excluding carboxylic acids is 1. The van der Waals surface area contributed by atoms with Gasteiger partial charge in [0.15, 0.2) is 0 Å². The highest BCUT2D eigenvalue weighted by Gasteiger charge is 2.25. The summed E-state index contributed by atoms with van der Waals surface area (Å²) in [5.74, 6) is 0.213. The second-order valence-electron chi connectivity index (χ2n) is 4.89. The lowest BCUT2D eigenvalue weighted by atomic mass is 10.1. The van der Waals surface area contributed by atoms with Gasteiger partial charge in [0, 0.05) is 5.56 Å². The molecule has 0 atom stereocenters. The maximum Gasteiger partial charge on any atom is 0.341 e. The number of rotatable bonds is 4. The summed E-state index contributed by atoms with van der Waals surface area (Å²) in [6, 6.07) is 4.84. The first-order chi connectivity index (χ1) is 9.86. The molecule has 1 heterocycles. The van der Waals surface area contributed by atoms with E-state index in [-0.39, 0.29) is 17.3 Å². The Hall–Kier alpha value is -2.41. The smallest absolute Gasteiger partial charge is 0.341 e. The van der Waals surface area contributed by atoms with Crippen molar-refractivity contribution in [2.45, 2.75) is 19.4 Å². The molecular weight excluding hydrogens is 276 g/mol. The Morgan fingerprint density at radius 2 is 2.05 bits per heavy atom. The van der Waals surface area contributed by atoms with E-state index in [1.54, 1.807) is 18.2 Å².